The largest absolute Gasteiger partial charge is 0.472 e. The molecule has 0 saturated carbocycles. The lowest BCUT2D eigenvalue weighted by molar-refractivity contribution is -0.161. The third-order valence-corrected chi connectivity index (χ3v) is 17.3. The molecule has 3 unspecified atom stereocenters. The Labute approximate surface area is 511 Å². The second-order valence-corrected chi connectivity index (χ2v) is 26.7. The number of esters is 4. The molecule has 0 heterocycles. The number of carbonyl (C=O) groups excluding carboxylic acids is 4. The molecule has 17 nitrogen and oxygen atoms in total. The molecular weight excluding hydrogens is 1110 g/mol. The lowest BCUT2D eigenvalue weighted by Crippen LogP contribution is -2.30. The summed E-state index contributed by atoms with van der Waals surface area (Å²) < 4.78 is 68.0. The van der Waals surface area contributed by atoms with Gasteiger partial charge in [0.05, 0.1) is 26.4 Å². The third-order valence-electron chi connectivity index (χ3n) is 15.4. The van der Waals surface area contributed by atoms with E-state index in [-0.39, 0.29) is 25.7 Å². The van der Waals surface area contributed by atoms with E-state index in [1.807, 2.05) is 0 Å². The van der Waals surface area contributed by atoms with Crippen LogP contribution in [0.4, 0.5) is 0 Å². The molecule has 0 aromatic rings. The van der Waals surface area contributed by atoms with E-state index in [1.54, 1.807) is 0 Å². The highest BCUT2D eigenvalue weighted by Gasteiger charge is 2.30. The first-order valence-electron chi connectivity index (χ1n) is 34.2. The number of carbonyl (C=O) groups is 4. The summed E-state index contributed by atoms with van der Waals surface area (Å²) in [4.78, 5) is 72.2. The summed E-state index contributed by atoms with van der Waals surface area (Å²) in [6.45, 7) is 7.17. The van der Waals surface area contributed by atoms with Crippen molar-refractivity contribution in [3.63, 3.8) is 0 Å². The van der Waals surface area contributed by atoms with Crippen LogP contribution in [0, 0.1) is 5.92 Å². The summed E-state index contributed by atoms with van der Waals surface area (Å²) >= 11 is 0. The van der Waals surface area contributed by atoms with Crippen LogP contribution in [0.25, 0.3) is 0 Å². The summed E-state index contributed by atoms with van der Waals surface area (Å²) in [6.07, 6.45) is 43.0. The Bertz CT molecular complexity index is 1640. The molecule has 0 fully saturated rings. The maximum Gasteiger partial charge on any atom is 0.472 e. The highest BCUT2D eigenvalue weighted by Crippen LogP contribution is 2.45. The normalized spacial score (nSPS) is 14.5. The molecule has 84 heavy (non-hydrogen) atoms. The Kier molecular flexibility index (Phi) is 57.4. The number of phosphoric acid groups is 2. The summed E-state index contributed by atoms with van der Waals surface area (Å²) in [7, 11) is -9.88. The third kappa shape index (κ3) is 57.8. The molecule has 0 aromatic heterocycles. The molecule has 0 saturated heterocycles. The van der Waals surface area contributed by atoms with Crippen molar-refractivity contribution < 1.29 is 80.2 Å². The van der Waals surface area contributed by atoms with Gasteiger partial charge in [-0.1, -0.05) is 279 Å². The van der Waals surface area contributed by atoms with Crippen LogP contribution >= 0.6 is 15.6 Å². The molecule has 0 aromatic carbocycles. The van der Waals surface area contributed by atoms with E-state index in [2.05, 4.69) is 34.6 Å². The zero-order valence-electron chi connectivity index (χ0n) is 54.0. The van der Waals surface area contributed by atoms with Gasteiger partial charge in [0.15, 0.2) is 12.2 Å². The van der Waals surface area contributed by atoms with Crippen molar-refractivity contribution in [1.82, 2.24) is 0 Å². The van der Waals surface area contributed by atoms with E-state index < -0.39 is 97.5 Å². The van der Waals surface area contributed by atoms with Crippen LogP contribution < -0.4 is 0 Å². The lowest BCUT2D eigenvalue weighted by atomic mass is 9.99. The maximum absolute atomic E-state index is 13.0. The number of phosphoric ester groups is 2. The summed E-state index contributed by atoms with van der Waals surface area (Å²) in [5.41, 5.74) is 0. The van der Waals surface area contributed by atoms with Gasteiger partial charge in [0, 0.05) is 25.7 Å². The standard InChI is InChI=1S/C65H126O17P2/c1-6-10-13-16-19-22-23-24-25-26-27-29-36-41-46-51-65(70)82-61(55-76-63(68)49-44-39-34-31-30-32-37-42-47-58(5)9-4)57-80-84(73,74)78-53-59(66)52-77-83(71,72)79-56-60(54-75-62(67)48-43-38-33-21-18-15-12-8-3)81-64(69)50-45-40-35-28-20-17-14-11-7-2/h58-61,66H,6-57H2,1-5H3,(H,71,72)(H,73,74)/t58?,59-,60+,61+/m0/s1. The van der Waals surface area contributed by atoms with Crippen molar-refractivity contribution in [3.05, 3.63) is 0 Å². The fourth-order valence-corrected chi connectivity index (χ4v) is 11.3. The molecule has 0 aliphatic rings. The minimum atomic E-state index is -4.95. The second-order valence-electron chi connectivity index (χ2n) is 23.7. The highest BCUT2D eigenvalue weighted by molar-refractivity contribution is 7.47. The minimum Gasteiger partial charge on any atom is -0.462 e. The molecule has 0 aliphatic carbocycles. The summed E-state index contributed by atoms with van der Waals surface area (Å²) in [5, 5.41) is 10.5. The van der Waals surface area contributed by atoms with Gasteiger partial charge in [-0.15, -0.1) is 0 Å². The average molecular weight is 1240 g/mol. The number of hydrogen-bond acceptors (Lipinski definition) is 15. The molecule has 19 heteroatoms. The maximum atomic E-state index is 13.0. The molecule has 6 atom stereocenters. The number of aliphatic hydroxyl groups excluding tert-OH is 1. The molecule has 0 spiro atoms. The molecular formula is C65H126O17P2. The number of unbranched alkanes of at least 4 members (excludes halogenated alkanes) is 36. The van der Waals surface area contributed by atoms with E-state index in [0.29, 0.717) is 25.7 Å². The zero-order valence-corrected chi connectivity index (χ0v) is 55.8. The van der Waals surface area contributed by atoms with Crippen molar-refractivity contribution in [3.8, 4) is 0 Å². The molecule has 0 aliphatic heterocycles. The lowest BCUT2D eigenvalue weighted by Gasteiger charge is -2.21. The predicted octanol–water partition coefficient (Wildman–Crippen LogP) is 18.2. The van der Waals surface area contributed by atoms with Crippen LogP contribution in [-0.2, 0) is 65.4 Å². The van der Waals surface area contributed by atoms with Crippen LogP contribution in [0.3, 0.4) is 0 Å². The highest BCUT2D eigenvalue weighted by atomic mass is 31.2. The number of ether oxygens (including phenoxy) is 4. The van der Waals surface area contributed by atoms with Gasteiger partial charge in [-0.05, 0) is 31.6 Å². The molecule has 0 rings (SSSR count). The number of hydrogen-bond donors (Lipinski definition) is 3. The van der Waals surface area contributed by atoms with Crippen molar-refractivity contribution in [2.45, 2.75) is 348 Å². The summed E-state index contributed by atoms with van der Waals surface area (Å²) in [5.74, 6) is -1.36. The molecule has 0 amide bonds. The van der Waals surface area contributed by atoms with Crippen LogP contribution in [-0.4, -0.2) is 96.7 Å². The van der Waals surface area contributed by atoms with Crippen molar-refractivity contribution in [2.75, 3.05) is 39.6 Å². The van der Waals surface area contributed by atoms with Crippen LogP contribution in [0.1, 0.15) is 330 Å². The van der Waals surface area contributed by atoms with Crippen molar-refractivity contribution in [1.29, 1.82) is 0 Å². The van der Waals surface area contributed by atoms with E-state index in [9.17, 15) is 43.2 Å². The Hall–Kier alpha value is -1.94. The Morgan fingerprint density at radius 3 is 0.845 bits per heavy atom. The van der Waals surface area contributed by atoms with Gasteiger partial charge in [0.1, 0.15) is 19.3 Å². The SMILES string of the molecule is CCCCCCCCCCCCCCCCCC(=O)O[C@H](COC(=O)CCCCCCCCCCC(C)CC)COP(=O)(O)OC[C@@H](O)COP(=O)(O)OC[C@@H](COC(=O)CCCCCCCCCC)OC(=O)CCCCCCCCCCC. The van der Waals surface area contributed by atoms with Gasteiger partial charge in [-0.25, -0.2) is 9.13 Å². The molecule has 0 radical (unpaired) electrons. The van der Waals surface area contributed by atoms with Crippen molar-refractivity contribution in [2.24, 2.45) is 5.92 Å². The molecule has 0 bridgehead atoms. The van der Waals surface area contributed by atoms with E-state index >= 15 is 0 Å². The smallest absolute Gasteiger partial charge is 0.462 e. The van der Waals surface area contributed by atoms with E-state index in [4.69, 9.17) is 37.0 Å². The molecule has 498 valence electrons. The van der Waals surface area contributed by atoms with Crippen LogP contribution in [0.5, 0.6) is 0 Å². The second kappa shape index (κ2) is 58.7. The Balaban J connectivity index is 5.22. The van der Waals surface area contributed by atoms with Gasteiger partial charge < -0.3 is 33.8 Å². The van der Waals surface area contributed by atoms with Gasteiger partial charge in [0.2, 0.25) is 0 Å². The molecule has 3 N–H and O–H groups in total. The first kappa shape index (κ1) is 82.1. The minimum absolute atomic E-state index is 0.106. The average Bonchev–Trinajstić information content (AvgIpc) is 3.59. The Morgan fingerprint density at radius 2 is 0.571 bits per heavy atom. The van der Waals surface area contributed by atoms with Gasteiger partial charge in [0.25, 0.3) is 0 Å². The quantitative estimate of drug-likeness (QED) is 0.0222. The van der Waals surface area contributed by atoms with Crippen molar-refractivity contribution >= 4 is 39.5 Å². The summed E-state index contributed by atoms with van der Waals surface area (Å²) in [6, 6.07) is 0. The topological polar surface area (TPSA) is 237 Å². The first-order chi connectivity index (χ1) is 40.6. The van der Waals surface area contributed by atoms with Crippen LogP contribution in [0.15, 0.2) is 0 Å². The van der Waals surface area contributed by atoms with Gasteiger partial charge in [-0.3, -0.25) is 37.3 Å². The predicted molar refractivity (Wildman–Crippen MR) is 335 cm³/mol. The monoisotopic (exact) mass is 1240 g/mol. The fraction of sp³-hybridized carbons (Fsp3) is 0.938. The number of aliphatic hydroxyl groups is 1. The van der Waals surface area contributed by atoms with Crippen LogP contribution in [0.2, 0.25) is 0 Å². The van der Waals surface area contributed by atoms with Gasteiger partial charge >= 0.3 is 39.5 Å². The van der Waals surface area contributed by atoms with E-state index in [1.165, 1.54) is 148 Å². The van der Waals surface area contributed by atoms with Gasteiger partial charge in [-0.2, -0.15) is 0 Å². The number of rotatable bonds is 65. The Morgan fingerprint density at radius 1 is 0.333 bits per heavy atom. The fourth-order valence-electron chi connectivity index (χ4n) is 9.73. The first-order valence-corrected chi connectivity index (χ1v) is 37.2. The van der Waals surface area contributed by atoms with E-state index in [0.717, 1.165) is 102 Å². The zero-order chi connectivity index (χ0) is 62.0.